The van der Waals surface area contributed by atoms with Crippen LogP contribution < -0.4 is 0 Å². The molecule has 1 nitrogen and oxygen atoms in total. The number of hydrogen-bond donors (Lipinski definition) is 0. The molecule has 0 bridgehead atoms. The van der Waals surface area contributed by atoms with Crippen molar-refractivity contribution in [3.8, 4) is 0 Å². The highest BCUT2D eigenvalue weighted by Crippen LogP contribution is 2.25. The molecule has 1 aromatic carbocycles. The first-order chi connectivity index (χ1) is 10.1. The van der Waals surface area contributed by atoms with E-state index in [1.54, 1.807) is 0 Å². The van der Waals surface area contributed by atoms with E-state index in [2.05, 4.69) is 84.9 Å². The summed E-state index contributed by atoms with van der Waals surface area (Å²) in [6, 6.07) is 8.84. The van der Waals surface area contributed by atoms with Crippen molar-refractivity contribution in [2.75, 3.05) is 6.61 Å². The minimum absolute atomic E-state index is 0.208. The summed E-state index contributed by atoms with van der Waals surface area (Å²) in [4.78, 5) is 0. The second-order valence-corrected chi connectivity index (χ2v) is 8.34. The number of allylic oxidation sites excluding steroid dienone is 1. The Kier molecular flexibility index (Phi) is 6.87. The van der Waals surface area contributed by atoms with Crippen molar-refractivity contribution in [1.29, 1.82) is 0 Å². The molecule has 0 atom stereocenters. The van der Waals surface area contributed by atoms with E-state index in [0.717, 1.165) is 19.4 Å². The van der Waals surface area contributed by atoms with Crippen LogP contribution in [0.2, 0.25) is 0 Å². The zero-order chi connectivity index (χ0) is 16.8. The molecule has 0 spiro atoms. The van der Waals surface area contributed by atoms with Crippen molar-refractivity contribution < 1.29 is 4.74 Å². The molecule has 0 unspecified atom stereocenters. The van der Waals surface area contributed by atoms with Crippen LogP contribution in [0.5, 0.6) is 0 Å². The standard InChI is InChI=1S/C21H34O/c1-17(2)22-16-21(6,7)14-9-8-11-18-12-10-13-19(15-18)20(3,4)5/h8,10-13,15,17H,9,14,16H2,1-7H3/b11-8+. The maximum atomic E-state index is 5.75. The molecule has 0 aromatic heterocycles. The summed E-state index contributed by atoms with van der Waals surface area (Å²) >= 11 is 0. The Balaban J connectivity index is 2.53. The van der Waals surface area contributed by atoms with Crippen molar-refractivity contribution in [2.45, 2.75) is 72.8 Å². The second kappa shape index (κ2) is 7.97. The normalized spacial score (nSPS) is 13.3. The van der Waals surface area contributed by atoms with Gasteiger partial charge in [-0.15, -0.1) is 0 Å². The summed E-state index contributed by atoms with van der Waals surface area (Å²) in [5.74, 6) is 0. The Labute approximate surface area is 137 Å². The zero-order valence-electron chi connectivity index (χ0n) is 15.6. The summed E-state index contributed by atoms with van der Waals surface area (Å²) < 4.78 is 5.75. The van der Waals surface area contributed by atoms with Gasteiger partial charge in [-0.3, -0.25) is 0 Å². The molecule has 0 saturated heterocycles. The summed E-state index contributed by atoms with van der Waals surface area (Å²) in [5, 5.41) is 0. The number of hydrogen-bond acceptors (Lipinski definition) is 1. The third kappa shape index (κ3) is 7.26. The lowest BCUT2D eigenvalue weighted by Gasteiger charge is -2.25. The third-order valence-corrected chi connectivity index (χ3v) is 3.86. The van der Waals surface area contributed by atoms with Crippen molar-refractivity contribution in [2.24, 2.45) is 5.41 Å². The van der Waals surface area contributed by atoms with Crippen LogP contribution in [-0.4, -0.2) is 12.7 Å². The van der Waals surface area contributed by atoms with Crippen molar-refractivity contribution in [1.82, 2.24) is 0 Å². The molecule has 0 radical (unpaired) electrons. The molecule has 0 aliphatic rings. The van der Waals surface area contributed by atoms with Crippen LogP contribution in [0.4, 0.5) is 0 Å². The summed E-state index contributed by atoms with van der Waals surface area (Å²) in [6.07, 6.45) is 7.09. The highest BCUT2D eigenvalue weighted by molar-refractivity contribution is 5.51. The first kappa shape index (κ1) is 19.0. The fraction of sp³-hybridized carbons (Fsp3) is 0.619. The van der Waals surface area contributed by atoms with Crippen LogP contribution >= 0.6 is 0 Å². The van der Waals surface area contributed by atoms with Crippen LogP contribution in [0.3, 0.4) is 0 Å². The highest BCUT2D eigenvalue weighted by Gasteiger charge is 2.17. The van der Waals surface area contributed by atoms with E-state index in [1.165, 1.54) is 11.1 Å². The van der Waals surface area contributed by atoms with E-state index in [1.807, 2.05) is 0 Å². The van der Waals surface area contributed by atoms with E-state index in [4.69, 9.17) is 4.74 Å². The maximum Gasteiger partial charge on any atom is 0.0520 e. The second-order valence-electron chi connectivity index (χ2n) is 8.34. The lowest BCUT2D eigenvalue weighted by molar-refractivity contribution is 0.0186. The molecule has 1 heteroatoms. The first-order valence-corrected chi connectivity index (χ1v) is 8.49. The summed E-state index contributed by atoms with van der Waals surface area (Å²) in [7, 11) is 0. The van der Waals surface area contributed by atoms with Crippen LogP contribution in [0.15, 0.2) is 30.3 Å². The van der Waals surface area contributed by atoms with Crippen LogP contribution in [0.1, 0.15) is 72.4 Å². The molecule has 124 valence electrons. The molecule has 0 aliphatic carbocycles. The number of benzene rings is 1. The largest absolute Gasteiger partial charge is 0.378 e. The molecule has 1 aromatic rings. The summed E-state index contributed by atoms with van der Waals surface area (Å²) in [5.41, 5.74) is 3.13. The van der Waals surface area contributed by atoms with Gasteiger partial charge in [-0.1, -0.05) is 71.0 Å². The van der Waals surface area contributed by atoms with Gasteiger partial charge in [0.2, 0.25) is 0 Å². The fourth-order valence-electron chi connectivity index (χ4n) is 2.27. The predicted octanol–water partition coefficient (Wildman–Crippen LogP) is 6.23. The van der Waals surface area contributed by atoms with Gasteiger partial charge >= 0.3 is 0 Å². The Morgan fingerprint density at radius 1 is 1.09 bits per heavy atom. The molecule has 1 rings (SSSR count). The number of ether oxygens (including phenoxy) is 1. The third-order valence-electron chi connectivity index (χ3n) is 3.86. The molecule has 22 heavy (non-hydrogen) atoms. The van der Waals surface area contributed by atoms with Crippen LogP contribution in [-0.2, 0) is 10.2 Å². The van der Waals surface area contributed by atoms with E-state index in [9.17, 15) is 0 Å². The van der Waals surface area contributed by atoms with Gasteiger partial charge in [-0.05, 0) is 48.6 Å². The summed E-state index contributed by atoms with van der Waals surface area (Å²) in [6.45, 7) is 16.4. The lowest BCUT2D eigenvalue weighted by atomic mass is 9.86. The molecule has 0 fully saturated rings. The van der Waals surface area contributed by atoms with Gasteiger partial charge in [0.25, 0.3) is 0 Å². The van der Waals surface area contributed by atoms with Gasteiger partial charge in [-0.2, -0.15) is 0 Å². The van der Waals surface area contributed by atoms with Crippen LogP contribution in [0, 0.1) is 5.41 Å². The van der Waals surface area contributed by atoms with Crippen molar-refractivity contribution >= 4 is 6.08 Å². The van der Waals surface area contributed by atoms with Gasteiger partial charge < -0.3 is 4.74 Å². The molecule has 0 aliphatic heterocycles. The molecule has 0 heterocycles. The lowest BCUT2D eigenvalue weighted by Crippen LogP contribution is -2.21. The SMILES string of the molecule is CC(C)OCC(C)(C)CC/C=C/c1cccc(C(C)(C)C)c1. The molecule has 0 N–H and O–H groups in total. The van der Waals surface area contributed by atoms with Gasteiger partial charge in [0, 0.05) is 0 Å². The van der Waals surface area contributed by atoms with E-state index >= 15 is 0 Å². The van der Waals surface area contributed by atoms with Crippen molar-refractivity contribution in [3.63, 3.8) is 0 Å². The maximum absolute atomic E-state index is 5.75. The molecule has 0 saturated carbocycles. The molecular weight excluding hydrogens is 268 g/mol. The van der Waals surface area contributed by atoms with Gasteiger partial charge in [0.15, 0.2) is 0 Å². The average molecular weight is 303 g/mol. The van der Waals surface area contributed by atoms with E-state index in [0.29, 0.717) is 6.10 Å². The average Bonchev–Trinajstić information content (AvgIpc) is 2.41. The minimum Gasteiger partial charge on any atom is -0.378 e. The highest BCUT2D eigenvalue weighted by atomic mass is 16.5. The monoisotopic (exact) mass is 302 g/mol. The minimum atomic E-state index is 0.208. The quantitative estimate of drug-likeness (QED) is 0.580. The van der Waals surface area contributed by atoms with E-state index in [-0.39, 0.29) is 10.8 Å². The van der Waals surface area contributed by atoms with Gasteiger partial charge in [-0.25, -0.2) is 0 Å². The van der Waals surface area contributed by atoms with E-state index < -0.39 is 0 Å². The first-order valence-electron chi connectivity index (χ1n) is 8.49. The Morgan fingerprint density at radius 2 is 1.77 bits per heavy atom. The smallest absolute Gasteiger partial charge is 0.0520 e. The zero-order valence-corrected chi connectivity index (χ0v) is 15.6. The van der Waals surface area contributed by atoms with Crippen molar-refractivity contribution in [3.05, 3.63) is 41.5 Å². The predicted molar refractivity (Wildman–Crippen MR) is 98.3 cm³/mol. The number of rotatable bonds is 7. The van der Waals surface area contributed by atoms with Gasteiger partial charge in [0.1, 0.15) is 0 Å². The topological polar surface area (TPSA) is 9.23 Å². The van der Waals surface area contributed by atoms with Crippen LogP contribution in [0.25, 0.3) is 6.08 Å². The Bertz CT molecular complexity index is 475. The Morgan fingerprint density at radius 3 is 2.36 bits per heavy atom. The van der Waals surface area contributed by atoms with Gasteiger partial charge in [0.05, 0.1) is 12.7 Å². The molecule has 0 amide bonds. The fourth-order valence-corrected chi connectivity index (χ4v) is 2.27. The Hall–Kier alpha value is -1.08. The molecular formula is C21H34O.